The fourth-order valence-electron chi connectivity index (χ4n) is 2.46. The van der Waals surface area contributed by atoms with Crippen molar-refractivity contribution < 1.29 is 9.53 Å². The number of aromatic amines is 1. The van der Waals surface area contributed by atoms with Gasteiger partial charge in [-0.1, -0.05) is 41.9 Å². The van der Waals surface area contributed by atoms with Crippen LogP contribution in [0, 0.1) is 0 Å². The summed E-state index contributed by atoms with van der Waals surface area (Å²) in [6.45, 7) is -0.0663. The minimum atomic E-state index is -0.199. The number of carbonyl (C=O) groups excluding carboxylic acids is 1. The first kappa shape index (κ1) is 17.0. The van der Waals surface area contributed by atoms with Crippen LogP contribution in [0.5, 0.6) is 5.75 Å². The van der Waals surface area contributed by atoms with Crippen molar-refractivity contribution in [3.8, 4) is 5.75 Å². The summed E-state index contributed by atoms with van der Waals surface area (Å²) in [4.78, 5) is 19.6. The van der Waals surface area contributed by atoms with Crippen molar-refractivity contribution in [2.24, 2.45) is 0 Å². The average Bonchev–Trinajstić information content (AvgIpc) is 3.15. The van der Waals surface area contributed by atoms with E-state index >= 15 is 0 Å². The smallest absolute Gasteiger partial charge is 0.258 e. The van der Waals surface area contributed by atoms with E-state index in [1.54, 1.807) is 36.7 Å². The number of carbonyl (C=O) groups is 1. The molecule has 1 aromatic heterocycles. The molecule has 25 heavy (non-hydrogen) atoms. The molecular formula is C19H18ClN3O2. The summed E-state index contributed by atoms with van der Waals surface area (Å²) in [6, 6.07) is 16.5. The third kappa shape index (κ3) is 5.09. The highest BCUT2D eigenvalue weighted by molar-refractivity contribution is 6.30. The Kier molecular flexibility index (Phi) is 5.69. The second-order valence-electron chi connectivity index (χ2n) is 5.51. The van der Waals surface area contributed by atoms with Gasteiger partial charge < -0.3 is 15.0 Å². The van der Waals surface area contributed by atoms with E-state index in [-0.39, 0.29) is 18.6 Å². The number of nitrogens with zero attached hydrogens (tertiary/aromatic N) is 1. The molecule has 3 rings (SSSR count). The van der Waals surface area contributed by atoms with Crippen molar-refractivity contribution in [2.75, 3.05) is 6.61 Å². The predicted octanol–water partition coefficient (Wildman–Crippen LogP) is 3.54. The van der Waals surface area contributed by atoms with E-state index in [0.717, 1.165) is 11.4 Å². The van der Waals surface area contributed by atoms with Crippen LogP contribution in [0.15, 0.2) is 67.0 Å². The number of hydrogen-bond acceptors (Lipinski definition) is 3. The molecule has 1 heterocycles. The third-order valence-corrected chi connectivity index (χ3v) is 3.93. The Morgan fingerprint density at radius 1 is 1.16 bits per heavy atom. The van der Waals surface area contributed by atoms with Gasteiger partial charge in [-0.25, -0.2) is 4.98 Å². The van der Waals surface area contributed by atoms with Gasteiger partial charge in [0.25, 0.3) is 5.91 Å². The highest BCUT2D eigenvalue weighted by Gasteiger charge is 2.16. The van der Waals surface area contributed by atoms with Crippen LogP contribution in [0.4, 0.5) is 0 Å². The van der Waals surface area contributed by atoms with Gasteiger partial charge >= 0.3 is 0 Å². The van der Waals surface area contributed by atoms with Crippen LogP contribution in [0.25, 0.3) is 0 Å². The molecule has 0 aliphatic heterocycles. The summed E-state index contributed by atoms with van der Waals surface area (Å²) in [6.07, 6.45) is 4.04. The van der Waals surface area contributed by atoms with Crippen molar-refractivity contribution >= 4 is 17.5 Å². The first-order valence-electron chi connectivity index (χ1n) is 7.91. The number of rotatable bonds is 7. The summed E-state index contributed by atoms with van der Waals surface area (Å²) in [5.74, 6) is 1.21. The third-order valence-electron chi connectivity index (χ3n) is 3.67. The lowest BCUT2D eigenvalue weighted by Gasteiger charge is -2.18. The number of hydrogen-bond donors (Lipinski definition) is 2. The Morgan fingerprint density at radius 3 is 2.60 bits per heavy atom. The van der Waals surface area contributed by atoms with E-state index in [0.29, 0.717) is 17.2 Å². The normalized spacial score (nSPS) is 11.7. The monoisotopic (exact) mass is 355 g/mol. The number of nitrogens with one attached hydrogen (secondary N) is 2. The van der Waals surface area contributed by atoms with E-state index < -0.39 is 0 Å². The van der Waals surface area contributed by atoms with E-state index in [1.807, 2.05) is 30.3 Å². The Hall–Kier alpha value is -2.79. The van der Waals surface area contributed by atoms with Crippen LogP contribution in [0.1, 0.15) is 17.4 Å². The summed E-state index contributed by atoms with van der Waals surface area (Å²) >= 11 is 5.83. The van der Waals surface area contributed by atoms with Gasteiger partial charge in [0.2, 0.25) is 0 Å². The summed E-state index contributed by atoms with van der Waals surface area (Å²) in [5.41, 5.74) is 1.01. The van der Waals surface area contributed by atoms with E-state index in [4.69, 9.17) is 16.3 Å². The molecule has 0 saturated carbocycles. The minimum absolute atomic E-state index is 0.0663. The Bertz CT molecular complexity index is 789. The maximum atomic E-state index is 12.3. The standard InChI is InChI=1S/C19H18ClN3O2/c20-15-6-8-16(9-7-15)25-13-19(24)23-17(12-18-21-10-11-22-18)14-4-2-1-3-5-14/h1-11,17H,12-13H2,(H,21,22)(H,23,24)/t17-/m1/s1. The lowest BCUT2D eigenvalue weighted by molar-refractivity contribution is -0.123. The Morgan fingerprint density at radius 2 is 1.92 bits per heavy atom. The maximum Gasteiger partial charge on any atom is 0.258 e. The molecule has 2 N–H and O–H groups in total. The highest BCUT2D eigenvalue weighted by Crippen LogP contribution is 2.18. The molecule has 0 saturated heterocycles. The van der Waals surface area contributed by atoms with Crippen molar-refractivity contribution in [3.63, 3.8) is 0 Å². The van der Waals surface area contributed by atoms with Crippen molar-refractivity contribution in [3.05, 3.63) is 83.4 Å². The fourth-order valence-corrected chi connectivity index (χ4v) is 2.58. The number of halogens is 1. The molecule has 6 heteroatoms. The molecule has 0 fully saturated rings. The van der Waals surface area contributed by atoms with Gasteiger partial charge in [-0.2, -0.15) is 0 Å². The molecule has 0 aliphatic rings. The summed E-state index contributed by atoms with van der Waals surface area (Å²) in [7, 11) is 0. The molecule has 0 radical (unpaired) electrons. The zero-order valence-corrected chi connectivity index (χ0v) is 14.2. The van der Waals surface area contributed by atoms with Crippen LogP contribution < -0.4 is 10.1 Å². The van der Waals surface area contributed by atoms with Gasteiger partial charge in [0.1, 0.15) is 11.6 Å². The van der Waals surface area contributed by atoms with Gasteiger partial charge in [-0.3, -0.25) is 4.79 Å². The predicted molar refractivity (Wildman–Crippen MR) is 96.6 cm³/mol. The van der Waals surface area contributed by atoms with Gasteiger partial charge in [0.15, 0.2) is 6.61 Å². The Labute approximate surface area is 151 Å². The average molecular weight is 356 g/mol. The van der Waals surface area contributed by atoms with E-state index in [1.165, 1.54) is 0 Å². The van der Waals surface area contributed by atoms with Crippen LogP contribution in [0.3, 0.4) is 0 Å². The van der Waals surface area contributed by atoms with E-state index in [9.17, 15) is 4.79 Å². The molecule has 0 unspecified atom stereocenters. The first-order chi connectivity index (χ1) is 12.2. The Balaban J connectivity index is 1.62. The van der Waals surface area contributed by atoms with Crippen molar-refractivity contribution in [1.82, 2.24) is 15.3 Å². The maximum absolute atomic E-state index is 12.3. The summed E-state index contributed by atoms with van der Waals surface area (Å²) in [5, 5.41) is 3.63. The number of benzene rings is 2. The van der Waals surface area contributed by atoms with Crippen molar-refractivity contribution in [1.29, 1.82) is 0 Å². The van der Waals surface area contributed by atoms with Gasteiger partial charge in [0.05, 0.1) is 6.04 Å². The number of ether oxygens (including phenoxy) is 1. The zero-order chi connectivity index (χ0) is 17.5. The van der Waals surface area contributed by atoms with Crippen LogP contribution >= 0.6 is 11.6 Å². The number of H-pyrrole nitrogens is 1. The zero-order valence-electron chi connectivity index (χ0n) is 13.5. The van der Waals surface area contributed by atoms with Gasteiger partial charge in [-0.05, 0) is 29.8 Å². The molecule has 3 aromatic rings. The van der Waals surface area contributed by atoms with Gasteiger partial charge in [0, 0.05) is 23.8 Å². The molecule has 5 nitrogen and oxygen atoms in total. The van der Waals surface area contributed by atoms with Crippen molar-refractivity contribution in [2.45, 2.75) is 12.5 Å². The molecule has 0 spiro atoms. The second-order valence-corrected chi connectivity index (χ2v) is 5.95. The van der Waals surface area contributed by atoms with E-state index in [2.05, 4.69) is 15.3 Å². The van der Waals surface area contributed by atoms with Crippen LogP contribution in [-0.2, 0) is 11.2 Å². The SMILES string of the molecule is O=C(COc1ccc(Cl)cc1)N[C@H](Cc1ncc[nH]1)c1ccccc1. The van der Waals surface area contributed by atoms with Crippen LogP contribution in [-0.4, -0.2) is 22.5 Å². The van der Waals surface area contributed by atoms with Crippen LogP contribution in [0.2, 0.25) is 5.02 Å². The lowest BCUT2D eigenvalue weighted by atomic mass is 10.0. The number of imidazole rings is 1. The lowest BCUT2D eigenvalue weighted by Crippen LogP contribution is -2.34. The molecule has 1 atom stereocenters. The molecule has 1 amide bonds. The molecule has 0 aliphatic carbocycles. The topological polar surface area (TPSA) is 67.0 Å². The molecular weight excluding hydrogens is 338 g/mol. The molecule has 0 bridgehead atoms. The molecule has 2 aromatic carbocycles. The highest BCUT2D eigenvalue weighted by atomic mass is 35.5. The number of aromatic nitrogens is 2. The fraction of sp³-hybridized carbons (Fsp3) is 0.158. The molecule has 128 valence electrons. The van der Waals surface area contributed by atoms with Gasteiger partial charge in [-0.15, -0.1) is 0 Å². The largest absolute Gasteiger partial charge is 0.484 e. The minimum Gasteiger partial charge on any atom is -0.484 e. The quantitative estimate of drug-likeness (QED) is 0.681. The number of amides is 1. The summed E-state index contributed by atoms with van der Waals surface area (Å²) < 4.78 is 5.50. The second kappa shape index (κ2) is 8.35. The first-order valence-corrected chi connectivity index (χ1v) is 8.29.